The molecule has 0 radical (unpaired) electrons. The summed E-state index contributed by atoms with van der Waals surface area (Å²) in [6.07, 6.45) is 1.25. The molecule has 1 unspecified atom stereocenters. The van der Waals surface area contributed by atoms with Crippen molar-refractivity contribution in [2.24, 2.45) is 0 Å². The van der Waals surface area contributed by atoms with Crippen molar-refractivity contribution in [3.8, 4) is 0 Å². The Labute approximate surface area is 273 Å². The second-order valence-electron chi connectivity index (χ2n) is 11.7. The standard InChI is InChI=1S/C34H39ClF3N3O4S/c1-46(44,45)41(30-18-9-14-27(23-30)34(36,37)38)20-10-19-32(42)40(24-26-13-8-15-28(35)21-26)31(22-25-11-4-2-5-12-25)33(43)39-29-16-6-3-7-17-29/h2,4-5,8-9,11-15,18,21,23,29,31H,3,6-7,10,16-17,19-20,22,24H2,1H3,(H,39,43). The van der Waals surface area contributed by atoms with Crippen molar-refractivity contribution in [2.75, 3.05) is 17.1 Å². The number of amides is 2. The normalized spacial score (nSPS) is 14.8. The predicted molar refractivity (Wildman–Crippen MR) is 174 cm³/mol. The zero-order valence-corrected chi connectivity index (χ0v) is 27.3. The van der Waals surface area contributed by atoms with E-state index in [9.17, 15) is 31.2 Å². The molecule has 0 aromatic heterocycles. The molecule has 1 fully saturated rings. The lowest BCUT2D eigenvalue weighted by atomic mass is 9.94. The van der Waals surface area contributed by atoms with Crippen molar-refractivity contribution in [1.29, 1.82) is 0 Å². The van der Waals surface area contributed by atoms with E-state index in [1.165, 1.54) is 11.0 Å². The number of anilines is 1. The molecule has 3 aromatic rings. The molecule has 3 aromatic carbocycles. The number of hydrogen-bond donors (Lipinski definition) is 1. The minimum Gasteiger partial charge on any atom is -0.352 e. The summed E-state index contributed by atoms with van der Waals surface area (Å²) in [6, 6.07) is 19.6. The monoisotopic (exact) mass is 677 g/mol. The lowest BCUT2D eigenvalue weighted by Crippen LogP contribution is -2.52. The van der Waals surface area contributed by atoms with Crippen LogP contribution in [-0.2, 0) is 38.8 Å². The molecule has 0 bridgehead atoms. The number of hydrogen-bond acceptors (Lipinski definition) is 4. The van der Waals surface area contributed by atoms with Crippen LogP contribution in [0.5, 0.6) is 0 Å². The molecule has 0 heterocycles. The van der Waals surface area contributed by atoms with Gasteiger partial charge >= 0.3 is 6.18 Å². The second-order valence-corrected chi connectivity index (χ2v) is 14.0. The van der Waals surface area contributed by atoms with E-state index in [-0.39, 0.29) is 50.0 Å². The average Bonchev–Trinajstić information content (AvgIpc) is 3.01. The van der Waals surface area contributed by atoms with Crippen LogP contribution in [0.1, 0.15) is 61.6 Å². The van der Waals surface area contributed by atoms with Crippen molar-refractivity contribution in [3.63, 3.8) is 0 Å². The number of carbonyl (C=O) groups is 2. The van der Waals surface area contributed by atoms with Gasteiger partial charge < -0.3 is 10.2 Å². The number of rotatable bonds is 13. The van der Waals surface area contributed by atoms with Gasteiger partial charge in [0.2, 0.25) is 21.8 Å². The summed E-state index contributed by atoms with van der Waals surface area (Å²) >= 11 is 6.25. The molecule has 0 aliphatic heterocycles. The van der Waals surface area contributed by atoms with Gasteiger partial charge in [0.15, 0.2) is 0 Å². The van der Waals surface area contributed by atoms with E-state index in [2.05, 4.69) is 5.32 Å². The van der Waals surface area contributed by atoms with Gasteiger partial charge in [0.05, 0.1) is 17.5 Å². The molecule has 1 atom stereocenters. The fourth-order valence-corrected chi connectivity index (χ4v) is 6.94. The van der Waals surface area contributed by atoms with Crippen LogP contribution >= 0.6 is 11.6 Å². The van der Waals surface area contributed by atoms with Gasteiger partial charge in [-0.05, 0) is 60.7 Å². The van der Waals surface area contributed by atoms with E-state index < -0.39 is 33.7 Å². The summed E-state index contributed by atoms with van der Waals surface area (Å²) in [4.78, 5) is 29.4. The fraction of sp³-hybridized carbons (Fsp3) is 0.412. The van der Waals surface area contributed by atoms with Crippen LogP contribution in [0, 0.1) is 0 Å². The van der Waals surface area contributed by atoms with Crippen molar-refractivity contribution in [1.82, 2.24) is 10.2 Å². The second kappa shape index (κ2) is 15.8. The van der Waals surface area contributed by atoms with E-state index in [0.29, 0.717) is 10.6 Å². The SMILES string of the molecule is CS(=O)(=O)N(CCCC(=O)N(Cc1cccc(Cl)c1)C(Cc1ccccc1)C(=O)NC1CCCCC1)c1cccc(C(F)(F)F)c1. The quantitative estimate of drug-likeness (QED) is 0.211. The van der Waals surface area contributed by atoms with Crippen molar-refractivity contribution >= 4 is 39.1 Å². The first kappa shape index (κ1) is 35.3. The summed E-state index contributed by atoms with van der Waals surface area (Å²) in [5, 5.41) is 3.64. The van der Waals surface area contributed by atoms with Gasteiger partial charge in [-0.1, -0.05) is 79.4 Å². The van der Waals surface area contributed by atoms with Gasteiger partial charge in [-0.15, -0.1) is 0 Å². The van der Waals surface area contributed by atoms with Crippen molar-refractivity contribution in [2.45, 2.75) is 76.2 Å². The number of nitrogens with one attached hydrogen (secondary N) is 1. The van der Waals surface area contributed by atoms with Gasteiger partial charge in [0.25, 0.3) is 0 Å². The maximum absolute atomic E-state index is 14.0. The van der Waals surface area contributed by atoms with E-state index in [0.717, 1.165) is 66.4 Å². The number of carbonyl (C=O) groups excluding carboxylic acids is 2. The lowest BCUT2D eigenvalue weighted by Gasteiger charge is -2.34. The molecule has 1 aliphatic rings. The highest BCUT2D eigenvalue weighted by molar-refractivity contribution is 7.92. The van der Waals surface area contributed by atoms with Crippen LogP contribution in [0.4, 0.5) is 18.9 Å². The molecule has 1 N–H and O–H groups in total. The molecule has 12 heteroatoms. The number of nitrogens with zero attached hydrogens (tertiary/aromatic N) is 2. The first-order chi connectivity index (χ1) is 21.8. The number of sulfonamides is 1. The third kappa shape index (κ3) is 10.2. The molecule has 2 amide bonds. The molecule has 4 rings (SSSR count). The highest BCUT2D eigenvalue weighted by atomic mass is 35.5. The zero-order chi connectivity index (χ0) is 33.3. The van der Waals surface area contributed by atoms with Gasteiger partial charge in [0, 0.05) is 37.0 Å². The minimum absolute atomic E-state index is 0.0104. The maximum Gasteiger partial charge on any atom is 0.416 e. The Balaban J connectivity index is 1.60. The summed E-state index contributed by atoms with van der Waals surface area (Å²) in [5.74, 6) is -0.662. The van der Waals surface area contributed by atoms with Crippen LogP contribution in [0.3, 0.4) is 0 Å². The molecule has 0 saturated heterocycles. The number of alkyl halides is 3. The maximum atomic E-state index is 14.0. The molecular weight excluding hydrogens is 639 g/mol. The topological polar surface area (TPSA) is 86.8 Å². The Morgan fingerprint density at radius 1 is 0.935 bits per heavy atom. The smallest absolute Gasteiger partial charge is 0.352 e. The van der Waals surface area contributed by atoms with Crippen LogP contribution in [0.2, 0.25) is 5.02 Å². The highest BCUT2D eigenvalue weighted by Gasteiger charge is 2.33. The first-order valence-electron chi connectivity index (χ1n) is 15.3. The van der Waals surface area contributed by atoms with E-state index in [4.69, 9.17) is 11.6 Å². The van der Waals surface area contributed by atoms with E-state index in [1.807, 2.05) is 36.4 Å². The Hall–Kier alpha value is -3.57. The zero-order valence-electron chi connectivity index (χ0n) is 25.7. The van der Waals surface area contributed by atoms with Crippen LogP contribution in [0.15, 0.2) is 78.9 Å². The number of halogens is 4. The Morgan fingerprint density at radius 2 is 1.61 bits per heavy atom. The van der Waals surface area contributed by atoms with Gasteiger partial charge in [-0.2, -0.15) is 13.2 Å². The molecular formula is C34H39ClF3N3O4S. The molecule has 248 valence electrons. The molecule has 1 saturated carbocycles. The summed E-state index contributed by atoms with van der Waals surface area (Å²) in [7, 11) is -3.98. The summed E-state index contributed by atoms with van der Waals surface area (Å²) < 4.78 is 66.3. The predicted octanol–water partition coefficient (Wildman–Crippen LogP) is 6.99. The average molecular weight is 678 g/mol. The van der Waals surface area contributed by atoms with Gasteiger partial charge in [0.1, 0.15) is 6.04 Å². The number of benzene rings is 3. The van der Waals surface area contributed by atoms with E-state index >= 15 is 0 Å². The fourth-order valence-electron chi connectivity index (χ4n) is 5.77. The molecule has 0 spiro atoms. The Morgan fingerprint density at radius 3 is 2.26 bits per heavy atom. The Kier molecular flexibility index (Phi) is 12.1. The van der Waals surface area contributed by atoms with Crippen molar-refractivity contribution in [3.05, 3.63) is 101 Å². The highest BCUT2D eigenvalue weighted by Crippen LogP contribution is 2.32. The van der Waals surface area contributed by atoms with Crippen LogP contribution in [-0.4, -0.2) is 50.0 Å². The van der Waals surface area contributed by atoms with Gasteiger partial charge in [-0.3, -0.25) is 13.9 Å². The summed E-state index contributed by atoms with van der Waals surface area (Å²) in [6.45, 7) is -0.146. The minimum atomic E-state index is -4.65. The van der Waals surface area contributed by atoms with Crippen LogP contribution < -0.4 is 9.62 Å². The third-order valence-electron chi connectivity index (χ3n) is 8.08. The van der Waals surface area contributed by atoms with Gasteiger partial charge in [-0.25, -0.2) is 8.42 Å². The van der Waals surface area contributed by atoms with Crippen LogP contribution in [0.25, 0.3) is 0 Å². The lowest BCUT2D eigenvalue weighted by molar-refractivity contribution is -0.141. The largest absolute Gasteiger partial charge is 0.416 e. The first-order valence-corrected chi connectivity index (χ1v) is 17.6. The molecule has 7 nitrogen and oxygen atoms in total. The van der Waals surface area contributed by atoms with E-state index in [1.54, 1.807) is 18.2 Å². The molecule has 1 aliphatic carbocycles. The molecule has 46 heavy (non-hydrogen) atoms. The third-order valence-corrected chi connectivity index (χ3v) is 9.51. The Bertz CT molecular complexity index is 1580. The summed E-state index contributed by atoms with van der Waals surface area (Å²) in [5.41, 5.74) is 0.457. The van der Waals surface area contributed by atoms with Crippen molar-refractivity contribution < 1.29 is 31.2 Å².